The van der Waals surface area contributed by atoms with Gasteiger partial charge in [-0.15, -0.1) is 10.2 Å². The number of rotatable bonds is 9. The number of hydrogen-bond donors (Lipinski definition) is 1. The van der Waals surface area contributed by atoms with E-state index in [9.17, 15) is 0 Å². The summed E-state index contributed by atoms with van der Waals surface area (Å²) in [7, 11) is 4.83. The minimum absolute atomic E-state index is 0.0929. The van der Waals surface area contributed by atoms with Crippen molar-refractivity contribution < 1.29 is 18.6 Å². The van der Waals surface area contributed by atoms with Crippen molar-refractivity contribution in [3.8, 4) is 17.2 Å². The van der Waals surface area contributed by atoms with Crippen molar-refractivity contribution in [2.24, 2.45) is 0 Å². The SMILES string of the molecule is COc1cc(NCN2CCCC[C@H]2c2nnc(Cc3ccccc3)o2)cc(OC)c1OC. The van der Waals surface area contributed by atoms with Crippen LogP contribution in [0.4, 0.5) is 5.69 Å². The minimum atomic E-state index is 0.0929. The molecule has 0 unspecified atom stereocenters. The summed E-state index contributed by atoms with van der Waals surface area (Å²) in [5, 5.41) is 12.2. The van der Waals surface area contributed by atoms with Crippen molar-refractivity contribution in [3.63, 3.8) is 0 Å². The lowest BCUT2D eigenvalue weighted by atomic mass is 10.0. The van der Waals surface area contributed by atoms with E-state index in [4.69, 9.17) is 18.6 Å². The third kappa shape index (κ3) is 4.96. The molecule has 1 atom stereocenters. The zero-order valence-electron chi connectivity index (χ0n) is 18.8. The monoisotopic (exact) mass is 438 g/mol. The molecule has 8 nitrogen and oxygen atoms in total. The van der Waals surface area contributed by atoms with Gasteiger partial charge in [-0.05, 0) is 18.4 Å². The molecule has 0 amide bonds. The highest BCUT2D eigenvalue weighted by Crippen LogP contribution is 2.40. The molecule has 4 rings (SSSR count). The number of benzene rings is 2. The zero-order chi connectivity index (χ0) is 22.3. The maximum atomic E-state index is 6.06. The number of ether oxygens (including phenoxy) is 3. The lowest BCUT2D eigenvalue weighted by molar-refractivity contribution is 0.134. The number of aromatic nitrogens is 2. The molecular formula is C24H30N4O4. The van der Waals surface area contributed by atoms with Gasteiger partial charge in [0.1, 0.15) is 0 Å². The maximum absolute atomic E-state index is 6.06. The first kappa shape index (κ1) is 22.0. The molecule has 0 aliphatic carbocycles. The summed E-state index contributed by atoms with van der Waals surface area (Å²) < 4.78 is 22.4. The topological polar surface area (TPSA) is 81.9 Å². The first-order valence-electron chi connectivity index (χ1n) is 10.9. The van der Waals surface area contributed by atoms with Crippen LogP contribution in [0.1, 0.15) is 42.6 Å². The fourth-order valence-electron chi connectivity index (χ4n) is 4.08. The van der Waals surface area contributed by atoms with E-state index in [0.717, 1.165) is 37.1 Å². The Morgan fingerprint density at radius 1 is 1.00 bits per heavy atom. The van der Waals surface area contributed by atoms with Gasteiger partial charge in [-0.25, -0.2) is 0 Å². The van der Waals surface area contributed by atoms with Gasteiger partial charge in [-0.2, -0.15) is 0 Å². The molecule has 32 heavy (non-hydrogen) atoms. The van der Waals surface area contributed by atoms with E-state index in [1.165, 1.54) is 0 Å². The molecule has 8 heteroatoms. The summed E-state index contributed by atoms with van der Waals surface area (Å²) in [6, 6.07) is 14.1. The lowest BCUT2D eigenvalue weighted by Crippen LogP contribution is -2.37. The molecule has 1 fully saturated rings. The van der Waals surface area contributed by atoms with Gasteiger partial charge >= 0.3 is 0 Å². The van der Waals surface area contributed by atoms with Gasteiger partial charge < -0.3 is 23.9 Å². The highest BCUT2D eigenvalue weighted by atomic mass is 16.5. The number of anilines is 1. The third-order valence-electron chi connectivity index (χ3n) is 5.73. The smallest absolute Gasteiger partial charge is 0.233 e. The van der Waals surface area contributed by atoms with Crippen molar-refractivity contribution in [2.45, 2.75) is 31.7 Å². The summed E-state index contributed by atoms with van der Waals surface area (Å²) >= 11 is 0. The van der Waals surface area contributed by atoms with Crippen molar-refractivity contribution in [3.05, 3.63) is 59.8 Å². The molecule has 0 radical (unpaired) electrons. The van der Waals surface area contributed by atoms with Crippen molar-refractivity contribution in [1.82, 2.24) is 15.1 Å². The Hall–Kier alpha value is -3.26. The predicted molar refractivity (Wildman–Crippen MR) is 121 cm³/mol. The Morgan fingerprint density at radius 2 is 1.75 bits per heavy atom. The number of nitrogens with zero attached hydrogens (tertiary/aromatic N) is 3. The number of methoxy groups -OCH3 is 3. The molecule has 170 valence electrons. The van der Waals surface area contributed by atoms with E-state index < -0.39 is 0 Å². The Kier molecular flexibility index (Phi) is 7.11. The Balaban J connectivity index is 1.45. The Labute approximate surface area is 188 Å². The van der Waals surface area contributed by atoms with Crippen LogP contribution in [-0.2, 0) is 6.42 Å². The van der Waals surface area contributed by atoms with E-state index in [-0.39, 0.29) is 6.04 Å². The normalized spacial score (nSPS) is 16.5. The van der Waals surface area contributed by atoms with Gasteiger partial charge in [0.25, 0.3) is 0 Å². The van der Waals surface area contributed by atoms with Crippen LogP contribution in [0, 0.1) is 0 Å². The second-order valence-electron chi connectivity index (χ2n) is 7.77. The van der Waals surface area contributed by atoms with E-state index in [0.29, 0.717) is 42.1 Å². The van der Waals surface area contributed by atoms with Crippen molar-refractivity contribution >= 4 is 5.69 Å². The molecule has 1 N–H and O–H groups in total. The van der Waals surface area contributed by atoms with Gasteiger partial charge in [0.2, 0.25) is 17.5 Å². The molecule has 1 aliphatic heterocycles. The molecule has 0 saturated carbocycles. The molecule has 1 aromatic heterocycles. The number of nitrogens with one attached hydrogen (secondary N) is 1. The van der Waals surface area contributed by atoms with Crippen LogP contribution in [0.25, 0.3) is 0 Å². The van der Waals surface area contributed by atoms with Gasteiger partial charge in [0, 0.05) is 24.4 Å². The first-order valence-corrected chi connectivity index (χ1v) is 10.9. The lowest BCUT2D eigenvalue weighted by Gasteiger charge is -2.33. The second-order valence-corrected chi connectivity index (χ2v) is 7.77. The third-order valence-corrected chi connectivity index (χ3v) is 5.73. The maximum Gasteiger partial charge on any atom is 0.233 e. The van der Waals surface area contributed by atoms with E-state index in [2.05, 4.69) is 32.5 Å². The van der Waals surface area contributed by atoms with Crippen molar-refractivity contribution in [1.29, 1.82) is 0 Å². The summed E-state index contributed by atoms with van der Waals surface area (Å²) in [5.74, 6) is 3.14. The number of piperidine rings is 1. The molecule has 0 spiro atoms. The highest BCUT2D eigenvalue weighted by molar-refractivity contribution is 5.62. The van der Waals surface area contributed by atoms with Crippen LogP contribution < -0.4 is 19.5 Å². The van der Waals surface area contributed by atoms with Gasteiger partial charge in [0.15, 0.2) is 11.5 Å². The first-order chi connectivity index (χ1) is 15.7. The summed E-state index contributed by atoms with van der Waals surface area (Å²) in [6.45, 7) is 1.60. The zero-order valence-corrected chi connectivity index (χ0v) is 18.8. The molecular weight excluding hydrogens is 408 g/mol. The quantitative estimate of drug-likeness (QED) is 0.530. The van der Waals surface area contributed by atoms with Gasteiger partial charge in [-0.3, -0.25) is 4.90 Å². The summed E-state index contributed by atoms with van der Waals surface area (Å²) in [4.78, 5) is 2.34. The number of likely N-dealkylation sites (tertiary alicyclic amines) is 1. The average Bonchev–Trinajstić information content (AvgIpc) is 3.31. The van der Waals surface area contributed by atoms with E-state index >= 15 is 0 Å². The summed E-state index contributed by atoms with van der Waals surface area (Å²) in [5.41, 5.74) is 2.05. The van der Waals surface area contributed by atoms with Crippen LogP contribution in [0.15, 0.2) is 46.9 Å². The van der Waals surface area contributed by atoms with Gasteiger partial charge in [-0.1, -0.05) is 36.8 Å². The molecule has 2 aromatic carbocycles. The van der Waals surface area contributed by atoms with Crippen LogP contribution in [0.5, 0.6) is 17.2 Å². The molecule has 0 bridgehead atoms. The minimum Gasteiger partial charge on any atom is -0.493 e. The second kappa shape index (κ2) is 10.4. The molecule has 2 heterocycles. The highest BCUT2D eigenvalue weighted by Gasteiger charge is 2.28. The number of hydrogen-bond acceptors (Lipinski definition) is 8. The largest absolute Gasteiger partial charge is 0.493 e. The van der Waals surface area contributed by atoms with Crippen LogP contribution >= 0.6 is 0 Å². The van der Waals surface area contributed by atoms with Gasteiger partial charge in [0.05, 0.1) is 40.5 Å². The van der Waals surface area contributed by atoms with E-state index in [1.807, 2.05) is 30.3 Å². The fraction of sp³-hybridized carbons (Fsp3) is 0.417. The standard InChI is InChI=1S/C24H30N4O4/c1-29-20-14-18(15-21(30-2)23(20)31-3)25-16-28-12-8-7-11-19(28)24-27-26-22(32-24)13-17-9-5-4-6-10-17/h4-6,9-10,14-15,19,25H,7-8,11-13,16H2,1-3H3/t19-/m0/s1. The average molecular weight is 439 g/mol. The van der Waals surface area contributed by atoms with Crippen LogP contribution in [0.2, 0.25) is 0 Å². The Morgan fingerprint density at radius 3 is 2.44 bits per heavy atom. The molecule has 1 aliphatic rings. The van der Waals surface area contributed by atoms with E-state index in [1.54, 1.807) is 21.3 Å². The predicted octanol–water partition coefficient (Wildman–Crippen LogP) is 4.28. The van der Waals surface area contributed by atoms with Crippen LogP contribution in [0.3, 0.4) is 0 Å². The molecule has 1 saturated heterocycles. The van der Waals surface area contributed by atoms with Crippen molar-refractivity contribution in [2.75, 3.05) is 39.9 Å². The fourth-order valence-corrected chi connectivity index (χ4v) is 4.08. The summed E-state index contributed by atoms with van der Waals surface area (Å²) in [6.07, 6.45) is 3.91. The molecule has 3 aromatic rings. The van der Waals surface area contributed by atoms with Crippen LogP contribution in [-0.4, -0.2) is 49.6 Å². The Bertz CT molecular complexity index is 983.